The summed E-state index contributed by atoms with van der Waals surface area (Å²) in [4.78, 5) is 41.4. The molecule has 1 atom stereocenters. The van der Waals surface area contributed by atoms with Crippen molar-refractivity contribution < 1.29 is 4.79 Å². The molecule has 0 unspecified atom stereocenters. The summed E-state index contributed by atoms with van der Waals surface area (Å²) in [7, 11) is 0. The molecule has 3 N–H and O–H groups in total. The second-order valence-corrected chi connectivity index (χ2v) is 5.83. The van der Waals surface area contributed by atoms with Crippen LogP contribution in [0.4, 0.5) is 5.82 Å². The van der Waals surface area contributed by atoms with Crippen molar-refractivity contribution in [2.24, 2.45) is 0 Å². The van der Waals surface area contributed by atoms with Crippen molar-refractivity contribution in [1.82, 2.24) is 9.97 Å². The minimum absolute atomic E-state index is 0.0591. The van der Waals surface area contributed by atoms with E-state index in [1.165, 1.54) is 0 Å². The van der Waals surface area contributed by atoms with Gasteiger partial charge in [-0.3, -0.25) is 19.6 Å². The molecule has 116 valence electrons. The number of ketones is 1. The molecular formula is C17H15N3O3. The first-order chi connectivity index (χ1) is 11.1. The number of Topliss-reactive ketones (excluding diaryl/α,β-unsaturated/α-hetero) is 1. The fourth-order valence-electron chi connectivity index (χ4n) is 3.47. The zero-order chi connectivity index (χ0) is 16.0. The van der Waals surface area contributed by atoms with Crippen LogP contribution in [0.25, 0.3) is 0 Å². The van der Waals surface area contributed by atoms with Gasteiger partial charge in [0.15, 0.2) is 5.78 Å². The van der Waals surface area contributed by atoms with E-state index in [0.29, 0.717) is 23.4 Å². The zero-order valence-electron chi connectivity index (χ0n) is 12.3. The lowest BCUT2D eigenvalue weighted by atomic mass is 9.76. The van der Waals surface area contributed by atoms with Gasteiger partial charge < -0.3 is 5.32 Å². The molecule has 0 bridgehead atoms. The molecular weight excluding hydrogens is 294 g/mol. The molecule has 6 nitrogen and oxygen atoms in total. The summed E-state index contributed by atoms with van der Waals surface area (Å²) >= 11 is 0. The minimum Gasteiger partial charge on any atom is -0.344 e. The van der Waals surface area contributed by atoms with Gasteiger partial charge in [0.2, 0.25) is 0 Å². The molecule has 0 saturated carbocycles. The quantitative estimate of drug-likeness (QED) is 0.746. The van der Waals surface area contributed by atoms with Crippen molar-refractivity contribution in [3.05, 3.63) is 73.6 Å². The van der Waals surface area contributed by atoms with Gasteiger partial charge in [0.05, 0.1) is 5.56 Å². The fraction of sp³-hybridized carbons (Fsp3) is 0.235. The molecule has 1 aliphatic heterocycles. The number of carbonyl (C=O) groups is 1. The number of H-pyrrole nitrogens is 2. The maximum absolute atomic E-state index is 12.5. The number of aromatic amines is 2. The van der Waals surface area contributed by atoms with E-state index in [-0.39, 0.29) is 5.78 Å². The van der Waals surface area contributed by atoms with Gasteiger partial charge in [0.1, 0.15) is 5.82 Å². The molecule has 1 aromatic heterocycles. The van der Waals surface area contributed by atoms with Crippen LogP contribution in [-0.4, -0.2) is 15.8 Å². The summed E-state index contributed by atoms with van der Waals surface area (Å²) in [5.41, 5.74) is 1.70. The molecule has 1 aromatic carbocycles. The van der Waals surface area contributed by atoms with Crippen LogP contribution in [0.15, 0.2) is 51.2 Å². The molecule has 0 radical (unpaired) electrons. The van der Waals surface area contributed by atoms with Gasteiger partial charge in [0.25, 0.3) is 5.56 Å². The highest BCUT2D eigenvalue weighted by Gasteiger charge is 2.37. The Labute approximate surface area is 131 Å². The van der Waals surface area contributed by atoms with Crippen molar-refractivity contribution in [1.29, 1.82) is 0 Å². The van der Waals surface area contributed by atoms with E-state index < -0.39 is 17.2 Å². The SMILES string of the molecule is O=C1CCCC2=C1[C@H](c1ccccc1)c1c([nH]c(=O)[nH]c1=O)N2. The molecule has 23 heavy (non-hydrogen) atoms. The van der Waals surface area contributed by atoms with Crippen LogP contribution < -0.4 is 16.6 Å². The third kappa shape index (κ3) is 2.14. The molecule has 6 heteroatoms. The Morgan fingerprint density at radius 3 is 2.52 bits per heavy atom. The predicted octanol–water partition coefficient (Wildman–Crippen LogP) is 1.63. The van der Waals surface area contributed by atoms with Crippen molar-refractivity contribution in [3.8, 4) is 0 Å². The third-order valence-electron chi connectivity index (χ3n) is 4.42. The zero-order valence-corrected chi connectivity index (χ0v) is 12.3. The van der Waals surface area contributed by atoms with E-state index >= 15 is 0 Å². The second-order valence-electron chi connectivity index (χ2n) is 5.83. The molecule has 0 fully saturated rings. The molecule has 2 aromatic rings. The number of aromatic nitrogens is 2. The average Bonchev–Trinajstić information content (AvgIpc) is 2.54. The van der Waals surface area contributed by atoms with Crippen molar-refractivity contribution in [2.75, 3.05) is 5.32 Å². The number of allylic oxidation sites excluding steroid dienone is 2. The lowest BCUT2D eigenvalue weighted by Crippen LogP contribution is -2.36. The van der Waals surface area contributed by atoms with Gasteiger partial charge in [0, 0.05) is 23.6 Å². The molecule has 4 rings (SSSR count). The van der Waals surface area contributed by atoms with E-state index in [2.05, 4.69) is 15.3 Å². The first-order valence-electron chi connectivity index (χ1n) is 7.60. The Kier molecular flexibility index (Phi) is 3.04. The van der Waals surface area contributed by atoms with Crippen LogP contribution in [0.5, 0.6) is 0 Å². The molecule has 0 amide bonds. The highest BCUT2D eigenvalue weighted by molar-refractivity contribution is 6.00. The maximum Gasteiger partial charge on any atom is 0.327 e. The van der Waals surface area contributed by atoms with Crippen molar-refractivity contribution in [2.45, 2.75) is 25.2 Å². The summed E-state index contributed by atoms with van der Waals surface area (Å²) in [6.07, 6.45) is 1.99. The number of carbonyl (C=O) groups excluding carboxylic acids is 1. The minimum atomic E-state index is -0.556. The van der Waals surface area contributed by atoms with Crippen LogP contribution in [0.2, 0.25) is 0 Å². The van der Waals surface area contributed by atoms with Crippen LogP contribution in [0.1, 0.15) is 36.3 Å². The van der Waals surface area contributed by atoms with Crippen LogP contribution in [-0.2, 0) is 4.79 Å². The standard InChI is InChI=1S/C17H15N3O3/c21-11-8-4-7-10-13(11)12(9-5-2-1-3-6-9)14-15(18-10)19-17(23)20-16(14)22/h1-3,5-6,12H,4,7-8H2,(H3,18,19,20,22,23)/t12-/m0/s1. The second kappa shape index (κ2) is 5.08. The largest absolute Gasteiger partial charge is 0.344 e. The average molecular weight is 309 g/mol. The maximum atomic E-state index is 12.5. The Balaban J connectivity index is 2.03. The Hall–Kier alpha value is -2.89. The lowest BCUT2D eigenvalue weighted by molar-refractivity contribution is -0.116. The van der Waals surface area contributed by atoms with Gasteiger partial charge in [-0.05, 0) is 18.4 Å². The predicted molar refractivity (Wildman–Crippen MR) is 85.5 cm³/mol. The normalized spacial score (nSPS) is 19.8. The van der Waals surface area contributed by atoms with Gasteiger partial charge in [-0.25, -0.2) is 4.79 Å². The van der Waals surface area contributed by atoms with Gasteiger partial charge in [-0.2, -0.15) is 0 Å². The Morgan fingerprint density at radius 1 is 0.957 bits per heavy atom. The summed E-state index contributed by atoms with van der Waals surface area (Å²) in [6, 6.07) is 9.45. The number of hydrogen-bond acceptors (Lipinski definition) is 4. The highest BCUT2D eigenvalue weighted by atomic mass is 16.2. The summed E-state index contributed by atoms with van der Waals surface area (Å²) < 4.78 is 0. The monoisotopic (exact) mass is 309 g/mol. The number of benzene rings is 1. The van der Waals surface area contributed by atoms with Gasteiger partial charge in [-0.15, -0.1) is 0 Å². The third-order valence-corrected chi connectivity index (χ3v) is 4.42. The number of rotatable bonds is 1. The van der Waals surface area contributed by atoms with E-state index in [4.69, 9.17) is 0 Å². The Morgan fingerprint density at radius 2 is 1.74 bits per heavy atom. The van der Waals surface area contributed by atoms with Crippen molar-refractivity contribution in [3.63, 3.8) is 0 Å². The molecule has 2 aliphatic rings. The van der Waals surface area contributed by atoms with Crippen LogP contribution >= 0.6 is 0 Å². The molecule has 0 spiro atoms. The fourth-order valence-corrected chi connectivity index (χ4v) is 3.47. The van der Waals surface area contributed by atoms with Crippen molar-refractivity contribution >= 4 is 11.6 Å². The van der Waals surface area contributed by atoms with Crippen LogP contribution in [0.3, 0.4) is 0 Å². The first kappa shape index (κ1) is 13.8. The Bertz CT molecular complexity index is 938. The van der Waals surface area contributed by atoms with E-state index in [1.54, 1.807) is 0 Å². The molecule has 0 saturated heterocycles. The first-order valence-corrected chi connectivity index (χ1v) is 7.60. The van der Waals surface area contributed by atoms with Crippen LogP contribution in [0, 0.1) is 0 Å². The molecule has 1 aliphatic carbocycles. The summed E-state index contributed by atoms with van der Waals surface area (Å²) in [5, 5.41) is 3.09. The van der Waals surface area contributed by atoms with E-state index in [9.17, 15) is 14.4 Å². The summed E-state index contributed by atoms with van der Waals surface area (Å²) in [6.45, 7) is 0. The smallest absolute Gasteiger partial charge is 0.327 e. The topological polar surface area (TPSA) is 94.8 Å². The lowest BCUT2D eigenvalue weighted by Gasteiger charge is -2.32. The van der Waals surface area contributed by atoms with E-state index in [1.807, 2.05) is 30.3 Å². The number of nitrogens with one attached hydrogen (secondary N) is 3. The number of hydrogen-bond donors (Lipinski definition) is 3. The molecule has 2 heterocycles. The summed E-state index contributed by atoms with van der Waals surface area (Å²) in [5.74, 6) is 0.000700. The number of anilines is 1. The van der Waals surface area contributed by atoms with Gasteiger partial charge in [-0.1, -0.05) is 30.3 Å². The highest BCUT2D eigenvalue weighted by Crippen LogP contribution is 2.42. The number of fused-ring (bicyclic) bond motifs is 1. The van der Waals surface area contributed by atoms with E-state index in [0.717, 1.165) is 24.1 Å². The van der Waals surface area contributed by atoms with Gasteiger partial charge >= 0.3 is 5.69 Å².